The summed E-state index contributed by atoms with van der Waals surface area (Å²) in [4.78, 5) is 24.7. The molecule has 0 saturated carbocycles. The van der Waals surface area contributed by atoms with Crippen LogP contribution in [0.2, 0.25) is 5.02 Å². The van der Waals surface area contributed by atoms with Gasteiger partial charge < -0.3 is 9.64 Å². The van der Waals surface area contributed by atoms with Crippen molar-refractivity contribution in [2.45, 2.75) is 31.3 Å². The number of morpholine rings is 1. The summed E-state index contributed by atoms with van der Waals surface area (Å²) in [5, 5.41) is 4.39. The van der Waals surface area contributed by atoms with Gasteiger partial charge in [0.1, 0.15) is 23.4 Å². The summed E-state index contributed by atoms with van der Waals surface area (Å²) in [5.41, 5.74) is 0.736. The second-order valence-corrected chi connectivity index (χ2v) is 9.82. The molecule has 0 amide bonds. The Bertz CT molecular complexity index is 1590. The molecule has 0 N–H and O–H groups in total. The van der Waals surface area contributed by atoms with E-state index in [1.165, 1.54) is 12.1 Å². The molecule has 37 heavy (non-hydrogen) atoms. The standard InChI is InChI=1S/C25H22ClF3N6O2/c1-33-12-14(11-30-33)20-13-34(6-7-37-20)21-9-22-31-19-4-5-25(28,29)10-17(19)24(36)35(22)23(32-21)16-3-2-15(26)8-18(16)27/h2-3,8-9,11-12,20H,4-7,10,13H2,1H3. The highest BCUT2D eigenvalue weighted by molar-refractivity contribution is 6.30. The normalized spacial score (nSPS) is 19.3. The van der Waals surface area contributed by atoms with E-state index in [1.807, 2.05) is 18.1 Å². The molecule has 1 saturated heterocycles. The molecule has 1 aliphatic heterocycles. The molecule has 4 aromatic rings. The smallest absolute Gasteiger partial charge is 0.263 e. The number of nitrogens with zero attached hydrogens (tertiary/aromatic N) is 6. The SMILES string of the molecule is Cn1cc(C2CN(c3cc4nc5c(c(=O)n4c(-c4ccc(Cl)cc4F)n3)CC(F)(F)CC5)CCO2)cn1. The molecule has 1 aliphatic carbocycles. The molecule has 1 atom stereocenters. The van der Waals surface area contributed by atoms with Gasteiger partial charge in [-0.3, -0.25) is 9.48 Å². The summed E-state index contributed by atoms with van der Waals surface area (Å²) in [6.07, 6.45) is 2.24. The summed E-state index contributed by atoms with van der Waals surface area (Å²) in [6.45, 7) is 1.36. The Morgan fingerprint density at radius 3 is 2.81 bits per heavy atom. The van der Waals surface area contributed by atoms with Crippen LogP contribution in [0.5, 0.6) is 0 Å². The van der Waals surface area contributed by atoms with E-state index in [1.54, 1.807) is 16.9 Å². The van der Waals surface area contributed by atoms with Crippen molar-refractivity contribution < 1.29 is 17.9 Å². The van der Waals surface area contributed by atoms with Gasteiger partial charge in [-0.2, -0.15) is 5.10 Å². The van der Waals surface area contributed by atoms with Crippen molar-refractivity contribution in [2.75, 3.05) is 24.6 Å². The Morgan fingerprint density at radius 1 is 1.22 bits per heavy atom. The summed E-state index contributed by atoms with van der Waals surface area (Å²) >= 11 is 5.96. The molecule has 12 heteroatoms. The first-order valence-corrected chi connectivity index (χ1v) is 12.2. The largest absolute Gasteiger partial charge is 0.370 e. The van der Waals surface area contributed by atoms with Gasteiger partial charge in [-0.1, -0.05) is 11.6 Å². The van der Waals surface area contributed by atoms with Gasteiger partial charge in [0.2, 0.25) is 0 Å². The summed E-state index contributed by atoms with van der Waals surface area (Å²) in [5.74, 6) is -3.26. The number of halogens is 4. The third-order valence-electron chi connectivity index (χ3n) is 6.80. The van der Waals surface area contributed by atoms with Gasteiger partial charge in [-0.05, 0) is 24.6 Å². The fourth-order valence-electron chi connectivity index (χ4n) is 4.94. The number of hydrogen-bond acceptors (Lipinski definition) is 6. The Labute approximate surface area is 214 Å². The number of hydrogen-bond donors (Lipinski definition) is 0. The summed E-state index contributed by atoms with van der Waals surface area (Å²) in [7, 11) is 1.82. The van der Waals surface area contributed by atoms with E-state index in [-0.39, 0.29) is 46.6 Å². The Kier molecular flexibility index (Phi) is 5.72. The van der Waals surface area contributed by atoms with E-state index in [9.17, 15) is 13.6 Å². The van der Waals surface area contributed by atoms with Crippen molar-refractivity contribution in [3.05, 3.63) is 74.7 Å². The summed E-state index contributed by atoms with van der Waals surface area (Å²) in [6, 6.07) is 5.66. The molecule has 0 spiro atoms. The van der Waals surface area contributed by atoms with Crippen molar-refractivity contribution in [2.24, 2.45) is 7.05 Å². The molecule has 8 nitrogen and oxygen atoms in total. The van der Waals surface area contributed by atoms with E-state index in [2.05, 4.69) is 15.1 Å². The third kappa shape index (κ3) is 4.36. The zero-order valence-electron chi connectivity index (χ0n) is 19.8. The van der Waals surface area contributed by atoms with Crippen LogP contribution in [-0.4, -0.2) is 49.8 Å². The highest BCUT2D eigenvalue weighted by atomic mass is 35.5. The predicted octanol–water partition coefficient (Wildman–Crippen LogP) is 3.98. The third-order valence-corrected chi connectivity index (χ3v) is 7.04. The molecule has 1 fully saturated rings. The number of anilines is 1. The van der Waals surface area contributed by atoms with Gasteiger partial charge in [-0.25, -0.2) is 27.5 Å². The highest BCUT2D eigenvalue weighted by Crippen LogP contribution is 2.33. The number of aryl methyl sites for hydroxylation is 2. The van der Waals surface area contributed by atoms with Crippen LogP contribution in [0, 0.1) is 5.82 Å². The number of ether oxygens (including phenoxy) is 1. The lowest BCUT2D eigenvalue weighted by molar-refractivity contribution is -0.0132. The molecule has 3 aromatic heterocycles. The zero-order chi connectivity index (χ0) is 25.9. The predicted molar refractivity (Wildman–Crippen MR) is 131 cm³/mol. The summed E-state index contributed by atoms with van der Waals surface area (Å²) < 4.78 is 52.2. The van der Waals surface area contributed by atoms with E-state index >= 15 is 4.39 Å². The van der Waals surface area contributed by atoms with Crippen LogP contribution in [0.15, 0.2) is 41.5 Å². The average Bonchev–Trinajstić information content (AvgIpc) is 3.30. The van der Waals surface area contributed by atoms with E-state index in [0.29, 0.717) is 31.2 Å². The van der Waals surface area contributed by atoms with E-state index in [4.69, 9.17) is 16.3 Å². The van der Waals surface area contributed by atoms with Gasteiger partial charge in [0.25, 0.3) is 11.5 Å². The molecule has 192 valence electrons. The van der Waals surface area contributed by atoms with Crippen LogP contribution in [0.1, 0.15) is 29.3 Å². The molecular formula is C25H22ClF3N6O2. The Morgan fingerprint density at radius 2 is 2.05 bits per heavy atom. The molecule has 2 aliphatic rings. The number of benzene rings is 1. The highest BCUT2D eigenvalue weighted by Gasteiger charge is 2.37. The van der Waals surface area contributed by atoms with Gasteiger partial charge in [-0.15, -0.1) is 0 Å². The van der Waals surface area contributed by atoms with Crippen LogP contribution in [0.4, 0.5) is 19.0 Å². The maximum atomic E-state index is 15.1. The molecule has 1 aromatic carbocycles. The minimum absolute atomic E-state index is 0.0136. The van der Waals surface area contributed by atoms with Gasteiger partial charge >= 0.3 is 0 Å². The van der Waals surface area contributed by atoms with Crippen molar-refractivity contribution in [3.8, 4) is 11.4 Å². The Hall–Kier alpha value is -3.44. The van der Waals surface area contributed by atoms with Crippen LogP contribution in [0.25, 0.3) is 17.0 Å². The van der Waals surface area contributed by atoms with Gasteiger partial charge in [0, 0.05) is 61.4 Å². The average molecular weight is 531 g/mol. The lowest BCUT2D eigenvalue weighted by Crippen LogP contribution is -2.39. The van der Waals surface area contributed by atoms with Crippen molar-refractivity contribution >= 4 is 23.1 Å². The quantitative estimate of drug-likeness (QED) is 0.399. The van der Waals surface area contributed by atoms with E-state index < -0.39 is 23.7 Å². The second-order valence-electron chi connectivity index (χ2n) is 9.38. The van der Waals surface area contributed by atoms with E-state index in [0.717, 1.165) is 16.0 Å². The maximum Gasteiger partial charge on any atom is 0.263 e. The first kappa shape index (κ1) is 23.9. The van der Waals surface area contributed by atoms with Crippen molar-refractivity contribution in [1.82, 2.24) is 24.1 Å². The number of aromatic nitrogens is 5. The number of alkyl halides is 2. The molecule has 6 rings (SSSR count). The minimum atomic E-state index is -3.00. The number of rotatable bonds is 3. The first-order valence-electron chi connectivity index (χ1n) is 11.8. The van der Waals surface area contributed by atoms with Gasteiger partial charge in [0.15, 0.2) is 5.82 Å². The van der Waals surface area contributed by atoms with Crippen molar-refractivity contribution in [1.29, 1.82) is 0 Å². The fraction of sp³-hybridized carbons (Fsp3) is 0.360. The zero-order valence-corrected chi connectivity index (χ0v) is 20.6. The molecule has 1 unspecified atom stereocenters. The Balaban J connectivity index is 1.52. The van der Waals surface area contributed by atoms with Crippen LogP contribution in [-0.2, 0) is 24.6 Å². The fourth-order valence-corrected chi connectivity index (χ4v) is 5.10. The second kappa shape index (κ2) is 8.84. The molecular weight excluding hydrogens is 509 g/mol. The van der Waals surface area contributed by atoms with Gasteiger partial charge in [0.05, 0.1) is 24.1 Å². The van der Waals surface area contributed by atoms with Crippen LogP contribution >= 0.6 is 11.6 Å². The minimum Gasteiger partial charge on any atom is -0.370 e. The monoisotopic (exact) mass is 530 g/mol. The first-order chi connectivity index (χ1) is 17.7. The van der Waals surface area contributed by atoms with Crippen LogP contribution in [0.3, 0.4) is 0 Å². The van der Waals surface area contributed by atoms with Crippen LogP contribution < -0.4 is 10.5 Å². The molecule has 0 bridgehead atoms. The lowest BCUT2D eigenvalue weighted by atomic mass is 9.93. The lowest BCUT2D eigenvalue weighted by Gasteiger charge is -2.33. The topological polar surface area (TPSA) is 77.6 Å². The van der Waals surface area contributed by atoms with Crippen molar-refractivity contribution in [3.63, 3.8) is 0 Å². The molecule has 0 radical (unpaired) electrons. The molecule has 4 heterocycles. The number of fused-ring (bicyclic) bond motifs is 2. The maximum absolute atomic E-state index is 15.1.